The van der Waals surface area contributed by atoms with Gasteiger partial charge >= 0.3 is 5.97 Å². The minimum Gasteiger partial charge on any atom is -0.478 e. The Balaban J connectivity index is 2.58. The van der Waals surface area contributed by atoms with Crippen LogP contribution >= 0.6 is 0 Å². The fourth-order valence-electron chi connectivity index (χ4n) is 1.36. The van der Waals surface area contributed by atoms with Crippen LogP contribution in [-0.2, 0) is 4.79 Å². The van der Waals surface area contributed by atoms with Crippen LogP contribution in [0.3, 0.4) is 0 Å². The largest absolute Gasteiger partial charge is 0.478 e. The summed E-state index contributed by atoms with van der Waals surface area (Å²) < 4.78 is 0. The summed E-state index contributed by atoms with van der Waals surface area (Å²) in [5, 5.41) is 11.5. The molecule has 0 aliphatic heterocycles. The van der Waals surface area contributed by atoms with Gasteiger partial charge in [-0.05, 0) is 18.6 Å². The summed E-state index contributed by atoms with van der Waals surface area (Å²) in [6.07, 6.45) is 2.17. The molecule has 0 saturated heterocycles. The molecular weight excluding hydrogens is 234 g/mol. The molecule has 0 atom stereocenters. The van der Waals surface area contributed by atoms with Crippen LogP contribution in [0.4, 0.5) is 5.82 Å². The van der Waals surface area contributed by atoms with Gasteiger partial charge in [-0.1, -0.05) is 6.92 Å². The average molecular weight is 251 g/mol. The Hall–Kier alpha value is -2.11. The summed E-state index contributed by atoms with van der Waals surface area (Å²) >= 11 is 0. The normalized spacial score (nSPS) is 9.89. The van der Waals surface area contributed by atoms with E-state index in [0.29, 0.717) is 12.4 Å². The van der Waals surface area contributed by atoms with Crippen molar-refractivity contribution in [3.05, 3.63) is 23.9 Å². The third-order valence-corrected chi connectivity index (χ3v) is 2.34. The van der Waals surface area contributed by atoms with E-state index in [-0.39, 0.29) is 18.0 Å². The van der Waals surface area contributed by atoms with Crippen molar-refractivity contribution in [1.29, 1.82) is 0 Å². The van der Waals surface area contributed by atoms with E-state index in [1.807, 2.05) is 6.92 Å². The molecule has 0 unspecified atom stereocenters. The Morgan fingerprint density at radius 1 is 1.44 bits per heavy atom. The van der Waals surface area contributed by atoms with Crippen molar-refractivity contribution in [2.75, 3.05) is 25.0 Å². The zero-order valence-electron chi connectivity index (χ0n) is 10.5. The number of carbonyl (C=O) groups excluding carboxylic acids is 1. The highest BCUT2D eigenvalue weighted by atomic mass is 16.4. The van der Waals surface area contributed by atoms with Gasteiger partial charge in [0.15, 0.2) is 0 Å². The van der Waals surface area contributed by atoms with Gasteiger partial charge in [0.2, 0.25) is 5.91 Å². The number of nitrogens with one attached hydrogen (secondary N) is 1. The standard InChI is InChI=1S/C12H17N3O3/c1-3-6-13-11(16)8-15(2)10-5-4-9(7-14-10)12(17)18/h4-5,7H,3,6,8H2,1-2H3,(H,13,16)(H,17,18). The second kappa shape index (κ2) is 6.58. The molecule has 0 aromatic carbocycles. The van der Waals surface area contributed by atoms with Gasteiger partial charge in [-0.2, -0.15) is 0 Å². The summed E-state index contributed by atoms with van der Waals surface area (Å²) in [5.41, 5.74) is 0.127. The first kappa shape index (κ1) is 14.0. The SMILES string of the molecule is CCCNC(=O)CN(C)c1ccc(C(=O)O)cn1. The maximum atomic E-state index is 11.5. The van der Waals surface area contributed by atoms with Crippen LogP contribution in [0.1, 0.15) is 23.7 Å². The van der Waals surface area contributed by atoms with Gasteiger partial charge in [-0.15, -0.1) is 0 Å². The average Bonchev–Trinajstić information content (AvgIpc) is 2.36. The fourth-order valence-corrected chi connectivity index (χ4v) is 1.36. The molecule has 0 spiro atoms. The van der Waals surface area contributed by atoms with E-state index < -0.39 is 5.97 Å². The number of carboxylic acids is 1. The second-order valence-electron chi connectivity index (χ2n) is 3.92. The van der Waals surface area contributed by atoms with Crippen molar-refractivity contribution in [3.63, 3.8) is 0 Å². The number of hydrogen-bond acceptors (Lipinski definition) is 4. The number of hydrogen-bond donors (Lipinski definition) is 2. The zero-order valence-corrected chi connectivity index (χ0v) is 10.5. The van der Waals surface area contributed by atoms with E-state index in [2.05, 4.69) is 10.3 Å². The molecule has 0 saturated carbocycles. The van der Waals surface area contributed by atoms with Gasteiger partial charge < -0.3 is 15.3 Å². The lowest BCUT2D eigenvalue weighted by Crippen LogP contribution is -2.35. The predicted molar refractivity (Wildman–Crippen MR) is 67.8 cm³/mol. The van der Waals surface area contributed by atoms with E-state index in [0.717, 1.165) is 6.42 Å². The van der Waals surface area contributed by atoms with E-state index in [1.54, 1.807) is 18.0 Å². The lowest BCUT2D eigenvalue weighted by atomic mass is 10.3. The number of carboxylic acid groups (broad SMARTS) is 1. The van der Waals surface area contributed by atoms with Crippen molar-refractivity contribution in [3.8, 4) is 0 Å². The molecule has 0 fully saturated rings. The number of pyridine rings is 1. The molecule has 0 bridgehead atoms. The van der Waals surface area contributed by atoms with Crippen LogP contribution in [0.2, 0.25) is 0 Å². The monoisotopic (exact) mass is 251 g/mol. The van der Waals surface area contributed by atoms with Gasteiger partial charge in [0.25, 0.3) is 0 Å². The molecule has 0 radical (unpaired) electrons. The van der Waals surface area contributed by atoms with Crippen molar-refractivity contribution < 1.29 is 14.7 Å². The van der Waals surface area contributed by atoms with Crippen molar-refractivity contribution in [1.82, 2.24) is 10.3 Å². The van der Waals surface area contributed by atoms with Gasteiger partial charge in [-0.3, -0.25) is 4.79 Å². The van der Waals surface area contributed by atoms with Crippen LogP contribution in [0.15, 0.2) is 18.3 Å². The van der Waals surface area contributed by atoms with Crippen LogP contribution < -0.4 is 10.2 Å². The van der Waals surface area contributed by atoms with Crippen LogP contribution in [0.5, 0.6) is 0 Å². The molecule has 1 aromatic heterocycles. The van der Waals surface area contributed by atoms with Gasteiger partial charge in [0.05, 0.1) is 12.1 Å². The molecule has 0 aliphatic rings. The van der Waals surface area contributed by atoms with Crippen LogP contribution in [-0.4, -0.2) is 42.1 Å². The fraction of sp³-hybridized carbons (Fsp3) is 0.417. The zero-order chi connectivity index (χ0) is 13.5. The van der Waals surface area contributed by atoms with Crippen LogP contribution in [0, 0.1) is 0 Å². The quantitative estimate of drug-likeness (QED) is 0.779. The smallest absolute Gasteiger partial charge is 0.337 e. The summed E-state index contributed by atoms with van der Waals surface area (Å²) in [6.45, 7) is 2.83. The Bertz CT molecular complexity index is 417. The lowest BCUT2D eigenvalue weighted by molar-refractivity contribution is -0.119. The molecule has 1 amide bonds. The van der Waals surface area contributed by atoms with Crippen molar-refractivity contribution in [2.24, 2.45) is 0 Å². The highest BCUT2D eigenvalue weighted by Crippen LogP contribution is 2.09. The Morgan fingerprint density at radius 3 is 2.67 bits per heavy atom. The first-order chi connectivity index (χ1) is 8.54. The molecule has 6 nitrogen and oxygen atoms in total. The number of aromatic nitrogens is 1. The maximum Gasteiger partial charge on any atom is 0.337 e. The van der Waals surface area contributed by atoms with Crippen molar-refractivity contribution >= 4 is 17.7 Å². The van der Waals surface area contributed by atoms with E-state index in [9.17, 15) is 9.59 Å². The number of rotatable bonds is 6. The summed E-state index contributed by atoms with van der Waals surface area (Å²) in [4.78, 5) is 27.8. The number of carbonyl (C=O) groups is 2. The lowest BCUT2D eigenvalue weighted by Gasteiger charge is -2.17. The van der Waals surface area contributed by atoms with Gasteiger partial charge in [0, 0.05) is 19.8 Å². The summed E-state index contributed by atoms with van der Waals surface area (Å²) in [5.74, 6) is -0.535. The summed E-state index contributed by atoms with van der Waals surface area (Å²) in [7, 11) is 1.73. The van der Waals surface area contributed by atoms with Gasteiger partial charge in [-0.25, -0.2) is 9.78 Å². The molecule has 1 rings (SSSR count). The molecule has 6 heteroatoms. The molecular formula is C12H17N3O3. The van der Waals surface area contributed by atoms with E-state index >= 15 is 0 Å². The number of amides is 1. The van der Waals surface area contributed by atoms with Gasteiger partial charge in [0.1, 0.15) is 5.82 Å². The number of anilines is 1. The first-order valence-corrected chi connectivity index (χ1v) is 5.71. The van der Waals surface area contributed by atoms with E-state index in [1.165, 1.54) is 12.3 Å². The third-order valence-electron chi connectivity index (χ3n) is 2.34. The number of nitrogens with zero attached hydrogens (tertiary/aromatic N) is 2. The number of aromatic carboxylic acids is 1. The molecule has 1 aromatic rings. The highest BCUT2D eigenvalue weighted by molar-refractivity contribution is 5.87. The molecule has 98 valence electrons. The predicted octanol–water partition coefficient (Wildman–Crippen LogP) is 0.742. The molecule has 1 heterocycles. The Kier molecular flexibility index (Phi) is 5.10. The first-order valence-electron chi connectivity index (χ1n) is 5.71. The Morgan fingerprint density at radius 2 is 2.17 bits per heavy atom. The third kappa shape index (κ3) is 4.04. The minimum atomic E-state index is -1.02. The second-order valence-corrected chi connectivity index (χ2v) is 3.92. The molecule has 0 aliphatic carbocycles. The van der Waals surface area contributed by atoms with E-state index in [4.69, 9.17) is 5.11 Å². The maximum absolute atomic E-state index is 11.5. The number of likely N-dealkylation sites (N-methyl/N-ethyl adjacent to an activating group) is 1. The summed E-state index contributed by atoms with van der Waals surface area (Å²) in [6, 6.07) is 3.04. The molecule has 2 N–H and O–H groups in total. The molecule has 18 heavy (non-hydrogen) atoms. The topological polar surface area (TPSA) is 82.5 Å². The minimum absolute atomic E-state index is 0.0801. The Labute approximate surface area is 106 Å². The van der Waals surface area contributed by atoms with Crippen molar-refractivity contribution in [2.45, 2.75) is 13.3 Å². The highest BCUT2D eigenvalue weighted by Gasteiger charge is 2.09. The van der Waals surface area contributed by atoms with Crippen LogP contribution in [0.25, 0.3) is 0 Å².